The van der Waals surface area contributed by atoms with Crippen LogP contribution in [0.3, 0.4) is 0 Å². The highest BCUT2D eigenvalue weighted by Crippen LogP contribution is 2.37. The van der Waals surface area contributed by atoms with Crippen molar-refractivity contribution in [3.63, 3.8) is 0 Å². The van der Waals surface area contributed by atoms with Crippen LogP contribution in [0.2, 0.25) is 0 Å². The van der Waals surface area contributed by atoms with E-state index in [9.17, 15) is 23.2 Å². The smallest absolute Gasteiger partial charge is 0.252 e. The maximum atomic E-state index is 14.6. The quantitative estimate of drug-likeness (QED) is 0.187. The van der Waals surface area contributed by atoms with E-state index in [1.807, 2.05) is 9.80 Å². The molecule has 3 amide bonds. The number of ether oxygens (including phenoxy) is 1. The third-order valence-electron chi connectivity index (χ3n) is 9.67. The number of nitrogens with two attached hydrogens (primary N) is 1. The molecular formula is C39H43BrF2N4O4. The normalized spacial score (nSPS) is 18.6. The average Bonchev–Trinajstić information content (AvgIpc) is 3.94. The number of hydrogen-bond acceptors (Lipinski definition) is 5. The lowest BCUT2D eigenvalue weighted by Gasteiger charge is -2.45. The number of carbonyl (C=O) groups excluding carboxylic acids is 3. The number of hydrogen-bond donors (Lipinski definition) is 2. The topological polar surface area (TPSA) is 105 Å². The highest BCUT2D eigenvalue weighted by Gasteiger charge is 2.43. The van der Waals surface area contributed by atoms with Crippen molar-refractivity contribution >= 4 is 39.2 Å². The van der Waals surface area contributed by atoms with Crippen molar-refractivity contribution in [1.29, 1.82) is 0 Å². The molecule has 1 saturated heterocycles. The lowest BCUT2D eigenvalue weighted by Crippen LogP contribution is -2.62. The van der Waals surface area contributed by atoms with Crippen LogP contribution in [0.15, 0.2) is 76.8 Å². The molecule has 3 aromatic rings. The Bertz CT molecular complexity index is 1730. The van der Waals surface area contributed by atoms with Gasteiger partial charge in [0.1, 0.15) is 17.4 Å². The summed E-state index contributed by atoms with van der Waals surface area (Å²) >= 11 is 3.40. The zero-order valence-electron chi connectivity index (χ0n) is 28.0. The van der Waals surface area contributed by atoms with E-state index < -0.39 is 5.91 Å². The molecule has 0 unspecified atom stereocenters. The third-order valence-corrected chi connectivity index (χ3v) is 10.3. The number of nitrogens with one attached hydrogen (secondary N) is 1. The zero-order chi connectivity index (χ0) is 35.2. The van der Waals surface area contributed by atoms with Gasteiger partial charge in [-0.1, -0.05) is 36.4 Å². The Morgan fingerprint density at radius 3 is 2.32 bits per heavy atom. The number of amides is 3. The van der Waals surface area contributed by atoms with Gasteiger partial charge in [-0.2, -0.15) is 0 Å². The van der Waals surface area contributed by atoms with Crippen LogP contribution in [0.1, 0.15) is 61.6 Å². The molecule has 0 spiro atoms. The molecule has 8 nitrogen and oxygen atoms in total. The van der Waals surface area contributed by atoms with E-state index in [0.717, 1.165) is 47.9 Å². The summed E-state index contributed by atoms with van der Waals surface area (Å²) in [6, 6.07) is 18.9. The predicted molar refractivity (Wildman–Crippen MR) is 191 cm³/mol. The van der Waals surface area contributed by atoms with Crippen LogP contribution in [0.4, 0.5) is 8.78 Å². The van der Waals surface area contributed by atoms with Crippen LogP contribution in [-0.4, -0.2) is 71.9 Å². The molecular weight excluding hydrogens is 706 g/mol. The van der Waals surface area contributed by atoms with E-state index in [0.29, 0.717) is 61.3 Å². The summed E-state index contributed by atoms with van der Waals surface area (Å²) in [6.07, 6.45) is 5.42. The van der Waals surface area contributed by atoms with Crippen molar-refractivity contribution < 1.29 is 27.9 Å². The number of rotatable bonds is 15. The first-order valence-corrected chi connectivity index (χ1v) is 18.2. The SMILES string of the molecule is NC(=O)CCCC(=O)N1C[C@H]2CC(c3ccc(CCCOc4cc(F)ccc4Br)cc3)=C(C(=O)N(CCc3ccc(F)cc3)C3CC3)[C@@H](C1)N2. The molecule has 0 aromatic heterocycles. The monoisotopic (exact) mass is 748 g/mol. The van der Waals surface area contributed by atoms with Crippen LogP contribution in [0.5, 0.6) is 5.75 Å². The molecule has 6 rings (SSSR count). The van der Waals surface area contributed by atoms with Gasteiger partial charge in [0.15, 0.2) is 0 Å². The molecule has 3 N–H and O–H groups in total. The lowest BCUT2D eigenvalue weighted by atomic mass is 9.82. The summed E-state index contributed by atoms with van der Waals surface area (Å²) in [5.41, 5.74) is 10.1. The van der Waals surface area contributed by atoms with Gasteiger partial charge < -0.3 is 25.6 Å². The maximum absolute atomic E-state index is 14.6. The predicted octanol–water partition coefficient (Wildman–Crippen LogP) is 5.95. The molecule has 0 radical (unpaired) electrons. The van der Waals surface area contributed by atoms with Gasteiger partial charge in [-0.05, 0) is 107 Å². The lowest BCUT2D eigenvalue weighted by molar-refractivity contribution is -0.134. The van der Waals surface area contributed by atoms with Crippen molar-refractivity contribution in [2.45, 2.75) is 75.9 Å². The van der Waals surface area contributed by atoms with Gasteiger partial charge in [0.2, 0.25) is 11.8 Å². The van der Waals surface area contributed by atoms with Gasteiger partial charge in [-0.3, -0.25) is 14.4 Å². The molecule has 50 heavy (non-hydrogen) atoms. The maximum Gasteiger partial charge on any atom is 0.252 e. The molecule has 11 heteroatoms. The summed E-state index contributed by atoms with van der Waals surface area (Å²) < 4.78 is 33.7. The Morgan fingerprint density at radius 1 is 0.900 bits per heavy atom. The summed E-state index contributed by atoms with van der Waals surface area (Å²) in [7, 11) is 0. The molecule has 2 fully saturated rings. The molecule has 2 heterocycles. The average molecular weight is 750 g/mol. The number of halogens is 3. The number of aryl methyl sites for hydroxylation is 1. The van der Waals surface area contributed by atoms with E-state index in [1.165, 1.54) is 24.3 Å². The van der Waals surface area contributed by atoms with Crippen molar-refractivity contribution in [3.05, 3.63) is 105 Å². The van der Waals surface area contributed by atoms with E-state index in [4.69, 9.17) is 10.5 Å². The summed E-state index contributed by atoms with van der Waals surface area (Å²) in [4.78, 5) is 42.9. The molecule has 2 bridgehead atoms. The number of nitrogens with zero attached hydrogens (tertiary/aromatic N) is 2. The molecule has 2 aliphatic heterocycles. The molecule has 3 aromatic carbocycles. The fourth-order valence-corrected chi connectivity index (χ4v) is 7.31. The number of primary amides is 1. The Hall–Kier alpha value is -4.09. The fraction of sp³-hybridized carbons (Fsp3) is 0.410. The van der Waals surface area contributed by atoms with Gasteiger partial charge in [0, 0.05) is 56.2 Å². The third kappa shape index (κ3) is 9.17. The van der Waals surface area contributed by atoms with Gasteiger partial charge in [-0.25, -0.2) is 8.78 Å². The number of benzene rings is 3. The first kappa shape index (κ1) is 35.7. The second-order valence-corrected chi connectivity index (χ2v) is 14.3. The van der Waals surface area contributed by atoms with Gasteiger partial charge in [0.25, 0.3) is 5.91 Å². The molecule has 1 saturated carbocycles. The van der Waals surface area contributed by atoms with Crippen molar-refractivity contribution in [3.8, 4) is 5.75 Å². The Morgan fingerprint density at radius 2 is 1.60 bits per heavy atom. The Kier molecular flexibility index (Phi) is 11.6. The second kappa shape index (κ2) is 16.3. The van der Waals surface area contributed by atoms with E-state index in [2.05, 4.69) is 45.5 Å². The number of fused-ring (bicyclic) bond motifs is 2. The fourth-order valence-electron chi connectivity index (χ4n) is 6.95. The minimum Gasteiger partial charge on any atom is -0.492 e. The highest BCUT2D eigenvalue weighted by molar-refractivity contribution is 9.10. The largest absolute Gasteiger partial charge is 0.492 e. The van der Waals surface area contributed by atoms with E-state index in [-0.39, 0.29) is 54.4 Å². The van der Waals surface area contributed by atoms with Crippen LogP contribution < -0.4 is 15.8 Å². The van der Waals surface area contributed by atoms with Crippen molar-refractivity contribution in [1.82, 2.24) is 15.1 Å². The second-order valence-electron chi connectivity index (χ2n) is 13.5. The first-order valence-electron chi connectivity index (χ1n) is 17.4. The van der Waals surface area contributed by atoms with Crippen LogP contribution >= 0.6 is 15.9 Å². The Labute approximate surface area is 300 Å². The zero-order valence-corrected chi connectivity index (χ0v) is 29.6. The van der Waals surface area contributed by atoms with Crippen LogP contribution in [0.25, 0.3) is 5.57 Å². The van der Waals surface area contributed by atoms with Crippen LogP contribution in [-0.2, 0) is 27.2 Å². The van der Waals surface area contributed by atoms with Crippen molar-refractivity contribution in [2.24, 2.45) is 5.73 Å². The van der Waals surface area contributed by atoms with Gasteiger partial charge in [0.05, 0.1) is 17.1 Å². The molecule has 3 aliphatic rings. The van der Waals surface area contributed by atoms with Crippen LogP contribution in [0, 0.1) is 11.6 Å². The van der Waals surface area contributed by atoms with Crippen molar-refractivity contribution in [2.75, 3.05) is 26.2 Å². The van der Waals surface area contributed by atoms with Gasteiger partial charge in [-0.15, -0.1) is 0 Å². The minimum atomic E-state index is -0.423. The highest BCUT2D eigenvalue weighted by atomic mass is 79.9. The summed E-state index contributed by atoms with van der Waals surface area (Å²) in [6.45, 7) is 1.85. The molecule has 264 valence electrons. The standard InChI is InChI=1S/C39H43BrF2N4O4/c40-33-17-14-29(42)21-35(33)50-20-2-3-25-6-10-27(11-7-25)32-22-30-23-45(37(48)5-1-4-36(43)47)24-34(44-30)38(32)39(49)46(31-15-16-31)19-18-26-8-12-28(41)13-9-26/h6-14,17,21,30-31,34,44H,1-5,15-16,18-20,22-24H2,(H2,43,47)/t30-,34-/m1/s1. The minimum absolute atomic E-state index is 0.0201. The summed E-state index contributed by atoms with van der Waals surface area (Å²) in [5, 5.41) is 3.65. The summed E-state index contributed by atoms with van der Waals surface area (Å²) in [5.74, 6) is -0.637. The number of piperazine rings is 1. The van der Waals surface area contributed by atoms with E-state index in [1.54, 1.807) is 18.2 Å². The van der Waals surface area contributed by atoms with Gasteiger partial charge >= 0.3 is 0 Å². The van der Waals surface area contributed by atoms with E-state index >= 15 is 0 Å². The molecule has 2 atom stereocenters. The molecule has 1 aliphatic carbocycles. The first-order chi connectivity index (χ1) is 24.1. The number of carbonyl (C=O) groups is 3. The Balaban J connectivity index is 1.20.